The number of halogens is 1. The van der Waals surface area contributed by atoms with E-state index in [2.05, 4.69) is 6.07 Å². The first-order valence-electron chi connectivity index (χ1n) is 10.6. The van der Waals surface area contributed by atoms with Gasteiger partial charge in [-0.05, 0) is 46.5 Å². The third kappa shape index (κ3) is 3.49. The van der Waals surface area contributed by atoms with Crippen molar-refractivity contribution in [3.8, 4) is 17.6 Å². The SMILES string of the molecule is COc1cc2c(cc1OC)C(CC#N)N(C(=O)c1sc3ccc4ccccc4c3c1Cl)CC2. The van der Waals surface area contributed by atoms with E-state index >= 15 is 0 Å². The highest BCUT2D eigenvalue weighted by Crippen LogP contribution is 2.43. The molecule has 0 aliphatic carbocycles. The number of rotatable bonds is 4. The van der Waals surface area contributed by atoms with Crippen LogP contribution in [0.1, 0.15) is 33.3 Å². The number of hydrogen-bond donors (Lipinski definition) is 0. The second kappa shape index (κ2) is 8.58. The predicted molar refractivity (Wildman–Crippen MR) is 132 cm³/mol. The average Bonchev–Trinajstić information content (AvgIpc) is 3.19. The van der Waals surface area contributed by atoms with Gasteiger partial charge in [-0.3, -0.25) is 4.79 Å². The van der Waals surface area contributed by atoms with Crippen LogP contribution in [0.15, 0.2) is 48.5 Å². The number of amides is 1. The zero-order valence-corrected chi connectivity index (χ0v) is 19.8. The minimum atomic E-state index is -0.385. The summed E-state index contributed by atoms with van der Waals surface area (Å²) in [5, 5.41) is 13.1. The normalized spacial score (nSPS) is 15.3. The lowest BCUT2D eigenvalue weighted by atomic mass is 9.90. The number of carbonyl (C=O) groups excluding carboxylic acids is 1. The Morgan fingerprint density at radius 1 is 1.18 bits per heavy atom. The molecule has 2 heterocycles. The molecule has 1 aliphatic rings. The summed E-state index contributed by atoms with van der Waals surface area (Å²) in [6, 6.07) is 17.8. The number of hydrogen-bond acceptors (Lipinski definition) is 5. The van der Waals surface area contributed by atoms with Crippen molar-refractivity contribution in [1.29, 1.82) is 5.26 Å². The highest BCUT2D eigenvalue weighted by molar-refractivity contribution is 7.21. The summed E-state index contributed by atoms with van der Waals surface area (Å²) in [7, 11) is 3.18. The van der Waals surface area contributed by atoms with Crippen LogP contribution < -0.4 is 9.47 Å². The smallest absolute Gasteiger partial charge is 0.266 e. The van der Waals surface area contributed by atoms with Gasteiger partial charge in [0.25, 0.3) is 5.91 Å². The Bertz CT molecular complexity index is 1440. The monoisotopic (exact) mass is 476 g/mol. The molecule has 0 N–H and O–H groups in total. The molecule has 1 aliphatic heterocycles. The lowest BCUT2D eigenvalue weighted by molar-refractivity contribution is 0.0669. The maximum absolute atomic E-state index is 13.8. The van der Waals surface area contributed by atoms with Crippen molar-refractivity contribution in [2.75, 3.05) is 20.8 Å². The molecule has 5 rings (SSSR count). The number of ether oxygens (including phenoxy) is 2. The fourth-order valence-electron chi connectivity index (χ4n) is 4.68. The molecule has 0 fully saturated rings. The number of nitrogens with zero attached hydrogens (tertiary/aromatic N) is 2. The van der Waals surface area contributed by atoms with E-state index in [1.165, 1.54) is 11.3 Å². The van der Waals surface area contributed by atoms with Crippen LogP contribution in [0, 0.1) is 11.3 Å². The number of nitriles is 1. The van der Waals surface area contributed by atoms with Crippen molar-refractivity contribution >= 4 is 49.7 Å². The van der Waals surface area contributed by atoms with Crippen molar-refractivity contribution < 1.29 is 14.3 Å². The van der Waals surface area contributed by atoms with Crippen LogP contribution in [-0.2, 0) is 6.42 Å². The molecule has 3 aromatic carbocycles. The summed E-state index contributed by atoms with van der Waals surface area (Å²) in [6.07, 6.45) is 0.842. The molecule has 0 radical (unpaired) electrons. The number of methoxy groups -OCH3 is 2. The van der Waals surface area contributed by atoms with Crippen LogP contribution in [0.2, 0.25) is 5.02 Å². The summed E-state index contributed by atoms with van der Waals surface area (Å²) in [5.74, 6) is 1.08. The van der Waals surface area contributed by atoms with Crippen molar-refractivity contribution in [1.82, 2.24) is 4.90 Å². The van der Waals surface area contributed by atoms with Crippen molar-refractivity contribution in [2.45, 2.75) is 18.9 Å². The Morgan fingerprint density at radius 3 is 2.70 bits per heavy atom. The number of benzene rings is 3. The minimum absolute atomic E-state index is 0.147. The molecular formula is C26H21ClN2O3S. The lowest BCUT2D eigenvalue weighted by Crippen LogP contribution is -2.39. The molecule has 1 unspecified atom stereocenters. The maximum Gasteiger partial charge on any atom is 0.266 e. The third-order valence-electron chi connectivity index (χ3n) is 6.26. The Balaban J connectivity index is 1.60. The summed E-state index contributed by atoms with van der Waals surface area (Å²) >= 11 is 8.23. The van der Waals surface area contributed by atoms with Crippen molar-refractivity contribution in [2.24, 2.45) is 0 Å². The van der Waals surface area contributed by atoms with Gasteiger partial charge in [-0.1, -0.05) is 41.9 Å². The highest BCUT2D eigenvalue weighted by atomic mass is 35.5. The molecular weight excluding hydrogens is 456 g/mol. The first-order valence-corrected chi connectivity index (χ1v) is 11.8. The van der Waals surface area contributed by atoms with E-state index in [0.29, 0.717) is 34.4 Å². The molecule has 1 atom stereocenters. The zero-order chi connectivity index (χ0) is 23.1. The molecule has 4 aromatic rings. The Kier molecular flexibility index (Phi) is 5.61. The molecule has 0 saturated heterocycles. The Morgan fingerprint density at radius 2 is 1.94 bits per heavy atom. The molecule has 1 aromatic heterocycles. The van der Waals surface area contributed by atoms with Gasteiger partial charge in [-0.15, -0.1) is 11.3 Å². The first-order chi connectivity index (χ1) is 16.1. The van der Waals surface area contributed by atoms with Crippen LogP contribution in [-0.4, -0.2) is 31.6 Å². The first kappa shape index (κ1) is 21.6. The van der Waals surface area contributed by atoms with Gasteiger partial charge in [-0.25, -0.2) is 0 Å². The fourth-order valence-corrected chi connectivity index (χ4v) is 6.20. The van der Waals surface area contributed by atoms with E-state index in [4.69, 9.17) is 21.1 Å². The summed E-state index contributed by atoms with van der Waals surface area (Å²) < 4.78 is 11.9. The van der Waals surface area contributed by atoms with Gasteiger partial charge >= 0.3 is 0 Å². The second-order valence-corrected chi connectivity index (χ2v) is 9.37. The van der Waals surface area contributed by atoms with Crippen LogP contribution in [0.25, 0.3) is 20.9 Å². The minimum Gasteiger partial charge on any atom is -0.493 e. The van der Waals surface area contributed by atoms with Crippen LogP contribution in [0.3, 0.4) is 0 Å². The zero-order valence-electron chi connectivity index (χ0n) is 18.2. The largest absolute Gasteiger partial charge is 0.493 e. The summed E-state index contributed by atoms with van der Waals surface area (Å²) in [5.41, 5.74) is 1.97. The average molecular weight is 477 g/mol. The molecule has 33 heavy (non-hydrogen) atoms. The molecule has 1 amide bonds. The molecule has 7 heteroatoms. The van der Waals surface area contributed by atoms with Gasteiger partial charge in [0.2, 0.25) is 0 Å². The van der Waals surface area contributed by atoms with Gasteiger partial charge in [0.15, 0.2) is 11.5 Å². The van der Waals surface area contributed by atoms with Crippen molar-refractivity contribution in [3.63, 3.8) is 0 Å². The van der Waals surface area contributed by atoms with Gasteiger partial charge in [0.05, 0.1) is 37.8 Å². The van der Waals surface area contributed by atoms with Crippen LogP contribution in [0.4, 0.5) is 0 Å². The van der Waals surface area contributed by atoms with Crippen molar-refractivity contribution in [3.05, 3.63) is 69.6 Å². The van der Waals surface area contributed by atoms with Gasteiger partial charge < -0.3 is 14.4 Å². The summed E-state index contributed by atoms with van der Waals surface area (Å²) in [4.78, 5) is 16.1. The Hall–Kier alpha value is -3.27. The molecule has 5 nitrogen and oxygen atoms in total. The Labute approximate surface area is 200 Å². The molecule has 0 saturated carbocycles. The van der Waals surface area contributed by atoms with E-state index in [0.717, 1.165) is 32.0 Å². The third-order valence-corrected chi connectivity index (χ3v) is 7.90. The van der Waals surface area contributed by atoms with E-state index < -0.39 is 0 Å². The van der Waals surface area contributed by atoms with Crippen LogP contribution >= 0.6 is 22.9 Å². The predicted octanol–water partition coefficient (Wildman–Crippen LogP) is 6.38. The van der Waals surface area contributed by atoms with E-state index in [1.807, 2.05) is 48.5 Å². The van der Waals surface area contributed by atoms with Gasteiger partial charge in [0.1, 0.15) is 4.88 Å². The van der Waals surface area contributed by atoms with Gasteiger partial charge in [-0.2, -0.15) is 5.26 Å². The molecule has 0 bridgehead atoms. The second-order valence-electron chi connectivity index (χ2n) is 7.94. The number of thiophene rings is 1. The fraction of sp³-hybridized carbons (Fsp3) is 0.231. The van der Waals surface area contributed by atoms with Gasteiger partial charge in [0, 0.05) is 16.6 Å². The number of fused-ring (bicyclic) bond motifs is 4. The van der Waals surface area contributed by atoms with E-state index in [1.54, 1.807) is 19.1 Å². The number of carbonyl (C=O) groups is 1. The standard InChI is InChI=1S/C26H21ClN2O3S/c1-31-20-13-16-10-12-29(19(9-11-28)18(16)14-21(20)32-2)26(30)25-24(27)23-17-6-4-3-5-15(17)7-8-22(23)33-25/h3-8,13-14,19H,9-10,12H2,1-2H3. The van der Waals surface area contributed by atoms with Crippen LogP contribution in [0.5, 0.6) is 11.5 Å². The molecule has 166 valence electrons. The van der Waals surface area contributed by atoms with E-state index in [9.17, 15) is 10.1 Å². The topological polar surface area (TPSA) is 62.6 Å². The quantitative estimate of drug-likeness (QED) is 0.343. The van der Waals surface area contributed by atoms with E-state index in [-0.39, 0.29) is 18.4 Å². The maximum atomic E-state index is 13.8. The lowest BCUT2D eigenvalue weighted by Gasteiger charge is -2.36. The highest BCUT2D eigenvalue weighted by Gasteiger charge is 2.34. The molecule has 0 spiro atoms. The summed E-state index contributed by atoms with van der Waals surface area (Å²) in [6.45, 7) is 0.499.